The molecule has 0 aliphatic carbocycles. The van der Waals surface area contributed by atoms with Gasteiger partial charge in [-0.1, -0.05) is 45.0 Å². The number of aromatic hydroxyl groups is 1. The maximum absolute atomic E-state index is 16.7. The Morgan fingerprint density at radius 2 is 1.88 bits per heavy atom. The lowest BCUT2D eigenvalue weighted by Crippen LogP contribution is -2.36. The molecule has 2 fully saturated rings. The van der Waals surface area contributed by atoms with Gasteiger partial charge in [-0.2, -0.15) is 9.97 Å². The lowest BCUT2D eigenvalue weighted by molar-refractivity contribution is 0.139. The predicted molar refractivity (Wildman–Crippen MR) is 166 cm³/mol. The van der Waals surface area contributed by atoms with Gasteiger partial charge in [-0.3, -0.25) is 4.90 Å². The Balaban J connectivity index is 1.51. The number of phenolic OH excluding ortho intramolecular Hbond substituents is 1. The molecular weight excluding hydrogens is 550 g/mol. The van der Waals surface area contributed by atoms with Crippen LogP contribution in [0.4, 0.5) is 14.6 Å². The number of aliphatic hydroxyl groups excluding tert-OH is 1. The third-order valence-corrected chi connectivity index (χ3v) is 9.01. The summed E-state index contributed by atoms with van der Waals surface area (Å²) < 4.78 is 39.0. The Hall–Kier alpha value is -3.56. The van der Waals surface area contributed by atoms with Crippen molar-refractivity contribution in [3.05, 3.63) is 54.1 Å². The molecule has 0 amide bonds. The van der Waals surface area contributed by atoms with Crippen LogP contribution in [0.5, 0.6) is 11.8 Å². The van der Waals surface area contributed by atoms with E-state index in [9.17, 15) is 10.2 Å². The second-order valence-electron chi connectivity index (χ2n) is 13.0. The van der Waals surface area contributed by atoms with Gasteiger partial charge in [0, 0.05) is 31.1 Å². The maximum Gasteiger partial charge on any atom is 0.319 e. The highest BCUT2D eigenvalue weighted by Gasteiger charge is 2.32. The van der Waals surface area contributed by atoms with Crippen LogP contribution < -0.4 is 9.64 Å². The minimum Gasteiger partial charge on any atom is -0.508 e. The van der Waals surface area contributed by atoms with Crippen molar-refractivity contribution in [2.45, 2.75) is 52.5 Å². The second-order valence-corrected chi connectivity index (χ2v) is 13.0. The average molecular weight is 591 g/mol. The molecule has 0 saturated carbocycles. The van der Waals surface area contributed by atoms with Crippen LogP contribution in [0.15, 0.2) is 42.5 Å². The first-order chi connectivity index (χ1) is 20.6. The molecule has 2 saturated heterocycles. The van der Waals surface area contributed by atoms with Crippen LogP contribution in [0, 0.1) is 23.0 Å². The minimum atomic E-state index is -0.816. The van der Waals surface area contributed by atoms with Gasteiger partial charge >= 0.3 is 6.01 Å². The third-order valence-electron chi connectivity index (χ3n) is 9.01. The first-order valence-electron chi connectivity index (χ1n) is 15.3. The average Bonchev–Trinajstić information content (AvgIpc) is 3.35. The van der Waals surface area contributed by atoms with Crippen molar-refractivity contribution in [1.29, 1.82) is 0 Å². The van der Waals surface area contributed by atoms with Crippen LogP contribution in [-0.2, 0) is 0 Å². The summed E-state index contributed by atoms with van der Waals surface area (Å²) in [6.45, 7) is 9.81. The number of aliphatic hydroxyl groups is 1. The molecular formula is C34H40F2N4O3. The normalized spacial score (nSPS) is 21.0. The van der Waals surface area contributed by atoms with E-state index in [-0.39, 0.29) is 46.5 Å². The van der Waals surface area contributed by atoms with Crippen molar-refractivity contribution in [1.82, 2.24) is 14.9 Å². The molecule has 228 valence electrons. The monoisotopic (exact) mass is 590 g/mol. The second kappa shape index (κ2) is 11.8. The van der Waals surface area contributed by atoms with E-state index >= 15 is 8.78 Å². The van der Waals surface area contributed by atoms with Gasteiger partial charge in [0.05, 0.1) is 12.2 Å². The Morgan fingerprint density at radius 3 is 2.70 bits per heavy atom. The van der Waals surface area contributed by atoms with Crippen molar-refractivity contribution in [3.63, 3.8) is 0 Å². The molecule has 0 radical (unpaired) electrons. The Bertz CT molecular complexity index is 1650. The number of aromatic nitrogens is 2. The number of nitrogens with zero attached hydrogens (tertiary/aromatic N) is 4. The molecule has 7 nitrogen and oxygen atoms in total. The van der Waals surface area contributed by atoms with E-state index < -0.39 is 11.6 Å². The van der Waals surface area contributed by atoms with Crippen LogP contribution in [0.3, 0.4) is 0 Å². The van der Waals surface area contributed by atoms with Crippen LogP contribution in [0.1, 0.15) is 46.5 Å². The summed E-state index contributed by atoms with van der Waals surface area (Å²) in [6.07, 6.45) is 4.02. The van der Waals surface area contributed by atoms with Gasteiger partial charge in [0.25, 0.3) is 0 Å². The van der Waals surface area contributed by atoms with Crippen molar-refractivity contribution in [3.8, 4) is 22.9 Å². The highest BCUT2D eigenvalue weighted by molar-refractivity contribution is 6.01. The van der Waals surface area contributed by atoms with Gasteiger partial charge in [0.15, 0.2) is 5.82 Å². The molecule has 1 aromatic heterocycles. The topological polar surface area (TPSA) is 82.0 Å². The van der Waals surface area contributed by atoms with Crippen LogP contribution in [0.2, 0.25) is 0 Å². The lowest BCUT2D eigenvalue weighted by Gasteiger charge is -2.31. The molecule has 3 heterocycles. The molecule has 2 aliphatic heterocycles. The predicted octanol–water partition coefficient (Wildman–Crippen LogP) is 6.53. The fraction of sp³-hybridized carbons (Fsp3) is 0.471. The minimum absolute atomic E-state index is 0.0165. The molecule has 43 heavy (non-hydrogen) atoms. The van der Waals surface area contributed by atoms with Gasteiger partial charge in [0.1, 0.15) is 29.5 Å². The molecule has 9 heteroatoms. The van der Waals surface area contributed by atoms with Crippen LogP contribution in [0.25, 0.3) is 32.8 Å². The molecule has 3 aromatic carbocycles. The smallest absolute Gasteiger partial charge is 0.319 e. The van der Waals surface area contributed by atoms with Crippen molar-refractivity contribution >= 4 is 27.5 Å². The quantitative estimate of drug-likeness (QED) is 0.253. The lowest BCUT2D eigenvalue weighted by atomic mass is 9.87. The van der Waals surface area contributed by atoms with Crippen LogP contribution >= 0.6 is 0 Å². The summed E-state index contributed by atoms with van der Waals surface area (Å²) in [7, 11) is 0. The number of fused-ring (bicyclic) bond motifs is 2. The number of likely N-dealkylation sites (tertiary alicyclic amines) is 1. The van der Waals surface area contributed by atoms with Gasteiger partial charge in [-0.15, -0.1) is 0 Å². The zero-order valence-electron chi connectivity index (χ0n) is 25.1. The Kier molecular flexibility index (Phi) is 8.13. The number of ether oxygens (including phenoxy) is 1. The highest BCUT2D eigenvalue weighted by Crippen LogP contribution is 2.41. The molecule has 0 bridgehead atoms. The number of rotatable bonds is 7. The number of hydrogen-bond acceptors (Lipinski definition) is 7. The first kappa shape index (κ1) is 29.5. The molecule has 2 N–H and O–H groups in total. The van der Waals surface area contributed by atoms with Gasteiger partial charge < -0.3 is 19.8 Å². The summed E-state index contributed by atoms with van der Waals surface area (Å²) >= 11 is 0. The van der Waals surface area contributed by atoms with E-state index in [1.165, 1.54) is 12.1 Å². The molecule has 1 unspecified atom stereocenters. The van der Waals surface area contributed by atoms with Gasteiger partial charge in [-0.05, 0) is 78.1 Å². The Labute approximate surface area is 251 Å². The summed E-state index contributed by atoms with van der Waals surface area (Å²) in [6, 6.07) is 11.6. The SMILES string of the molecule is CC1CCC(C)(C)CN(c2nc(OC[C@@H]3CCCN3CCO)nc3c(F)c(-c4cc(O)cc5ccccc45)c(F)cc23)C1. The third kappa shape index (κ3) is 5.97. The molecule has 0 spiro atoms. The van der Waals surface area contributed by atoms with E-state index in [2.05, 4.69) is 35.6 Å². The van der Waals surface area contributed by atoms with Gasteiger partial charge in [-0.25, -0.2) is 8.78 Å². The van der Waals surface area contributed by atoms with E-state index in [1.54, 1.807) is 24.3 Å². The number of β-amino-alcohol motifs (C(OH)–C–C–N with tert-alkyl or cyclic N) is 1. The number of benzene rings is 3. The summed E-state index contributed by atoms with van der Waals surface area (Å²) in [5.41, 5.74) is -0.0260. The Morgan fingerprint density at radius 1 is 1.07 bits per heavy atom. The summed E-state index contributed by atoms with van der Waals surface area (Å²) in [5.74, 6) is -0.805. The molecule has 4 aromatic rings. The highest BCUT2D eigenvalue weighted by atomic mass is 19.1. The van der Waals surface area contributed by atoms with Crippen molar-refractivity contribution in [2.24, 2.45) is 11.3 Å². The maximum atomic E-state index is 16.7. The molecule has 2 atom stereocenters. The van der Waals surface area contributed by atoms with E-state index in [4.69, 9.17) is 9.72 Å². The zero-order chi connectivity index (χ0) is 30.3. The van der Waals surface area contributed by atoms with Crippen molar-refractivity contribution in [2.75, 3.05) is 44.3 Å². The van der Waals surface area contributed by atoms with Crippen LogP contribution in [-0.4, -0.2) is 70.5 Å². The van der Waals surface area contributed by atoms with E-state index in [0.717, 1.165) is 32.2 Å². The molecule has 2 aliphatic rings. The first-order valence-corrected chi connectivity index (χ1v) is 15.3. The van der Waals surface area contributed by atoms with E-state index in [0.29, 0.717) is 54.1 Å². The molecule has 6 rings (SSSR count). The van der Waals surface area contributed by atoms with E-state index in [1.807, 2.05) is 6.07 Å². The standard InChI is InChI=1S/C34H40F2N4O3/c1-21-10-11-34(2,3)20-40(18-21)32-27-17-28(35)29(26-16-24(42)15-22-7-4-5-9-25(22)26)30(36)31(27)37-33(38-32)43-19-23-8-6-12-39(23)13-14-41/h4-5,7,9,15-17,21,23,41-42H,6,8,10-14,18-20H2,1-3H3/t21?,23-/m0/s1. The largest absolute Gasteiger partial charge is 0.508 e. The zero-order valence-corrected chi connectivity index (χ0v) is 25.1. The fourth-order valence-electron chi connectivity index (χ4n) is 6.82. The van der Waals surface area contributed by atoms with Gasteiger partial charge in [0.2, 0.25) is 0 Å². The number of hydrogen-bond donors (Lipinski definition) is 2. The fourth-order valence-corrected chi connectivity index (χ4v) is 6.82. The number of halogens is 2. The summed E-state index contributed by atoms with van der Waals surface area (Å²) in [4.78, 5) is 13.6. The van der Waals surface area contributed by atoms with Crippen molar-refractivity contribution < 1.29 is 23.7 Å². The number of phenols is 1. The number of anilines is 1. The summed E-state index contributed by atoms with van der Waals surface area (Å²) in [5, 5.41) is 21.5.